The second kappa shape index (κ2) is 4.91. The zero-order valence-electron chi connectivity index (χ0n) is 7.35. The largest absolute Gasteiger partial charge is 0.301 e. The summed E-state index contributed by atoms with van der Waals surface area (Å²) < 4.78 is 0. The van der Waals surface area contributed by atoms with E-state index in [4.69, 9.17) is 0 Å². The Balaban J connectivity index is 2.27. The van der Waals surface area contributed by atoms with Gasteiger partial charge in [-0.25, -0.2) is 4.98 Å². The van der Waals surface area contributed by atoms with E-state index in [1.807, 2.05) is 20.0 Å². The maximum atomic E-state index is 4.16. The van der Waals surface area contributed by atoms with E-state index in [-0.39, 0.29) is 0 Å². The van der Waals surface area contributed by atoms with Crippen LogP contribution in [-0.2, 0) is 6.54 Å². The van der Waals surface area contributed by atoms with Crippen LogP contribution in [0.5, 0.6) is 0 Å². The molecule has 0 spiro atoms. The van der Waals surface area contributed by atoms with Gasteiger partial charge in [0.25, 0.3) is 0 Å². The zero-order chi connectivity index (χ0) is 8.81. The van der Waals surface area contributed by atoms with Crippen molar-refractivity contribution >= 4 is 11.3 Å². The van der Waals surface area contributed by atoms with Gasteiger partial charge in [-0.05, 0) is 13.8 Å². The van der Waals surface area contributed by atoms with Gasteiger partial charge in [0.1, 0.15) is 0 Å². The summed E-state index contributed by atoms with van der Waals surface area (Å²) in [5, 5.41) is 4.33. The molecule has 2 nitrogen and oxygen atoms in total. The lowest BCUT2D eigenvalue weighted by Crippen LogP contribution is -2.11. The van der Waals surface area contributed by atoms with Crippen molar-refractivity contribution in [3.05, 3.63) is 16.1 Å². The minimum absolute atomic E-state index is 0.757. The first-order valence-corrected chi connectivity index (χ1v) is 4.66. The van der Waals surface area contributed by atoms with Gasteiger partial charge >= 0.3 is 0 Å². The minimum atomic E-state index is 0.757. The molecule has 0 aliphatic rings. The van der Waals surface area contributed by atoms with Gasteiger partial charge in [0.15, 0.2) is 0 Å². The van der Waals surface area contributed by atoms with E-state index in [0.29, 0.717) is 0 Å². The lowest BCUT2D eigenvalue weighted by atomic mass is 10.5. The van der Waals surface area contributed by atoms with E-state index in [2.05, 4.69) is 22.1 Å². The van der Waals surface area contributed by atoms with Gasteiger partial charge in [0.05, 0.1) is 11.6 Å². The molecule has 0 bridgehead atoms. The Hall–Kier alpha value is -0.850. The molecular weight excluding hydrogens is 168 g/mol. The van der Waals surface area contributed by atoms with Gasteiger partial charge in [0.2, 0.25) is 0 Å². The highest BCUT2D eigenvalue weighted by molar-refractivity contribution is 7.11. The van der Waals surface area contributed by atoms with Crippen LogP contribution in [0.3, 0.4) is 0 Å². The highest BCUT2D eigenvalue weighted by Gasteiger charge is 1.95. The highest BCUT2D eigenvalue weighted by Crippen LogP contribution is 2.10. The SMILES string of the molecule is CC#CCNCc1cnc(C)s1. The molecule has 0 atom stereocenters. The van der Waals surface area contributed by atoms with Crippen molar-refractivity contribution in [3.8, 4) is 11.8 Å². The van der Waals surface area contributed by atoms with Crippen LogP contribution in [0.15, 0.2) is 6.20 Å². The van der Waals surface area contributed by atoms with Crippen molar-refractivity contribution in [2.24, 2.45) is 0 Å². The second-order valence-corrected chi connectivity index (χ2v) is 3.70. The first-order valence-electron chi connectivity index (χ1n) is 3.84. The molecule has 1 heterocycles. The standard InChI is InChI=1S/C9H12N2S/c1-3-4-5-10-6-9-7-11-8(2)12-9/h7,10H,5-6H2,1-2H3. The average Bonchev–Trinajstić information content (AvgIpc) is 2.45. The maximum absolute atomic E-state index is 4.16. The summed E-state index contributed by atoms with van der Waals surface area (Å²) in [6, 6.07) is 0. The molecule has 0 amide bonds. The van der Waals surface area contributed by atoms with Gasteiger partial charge in [-0.15, -0.1) is 17.3 Å². The number of rotatable bonds is 3. The summed E-state index contributed by atoms with van der Waals surface area (Å²) in [5.41, 5.74) is 0. The summed E-state index contributed by atoms with van der Waals surface area (Å²) in [7, 11) is 0. The Labute approximate surface area is 77.0 Å². The van der Waals surface area contributed by atoms with Crippen LogP contribution in [0.1, 0.15) is 16.8 Å². The summed E-state index contributed by atoms with van der Waals surface area (Å²) in [6.45, 7) is 5.49. The van der Waals surface area contributed by atoms with E-state index in [1.54, 1.807) is 11.3 Å². The Kier molecular flexibility index (Phi) is 3.78. The summed E-state index contributed by atoms with van der Waals surface area (Å²) in [4.78, 5) is 5.43. The fourth-order valence-electron chi connectivity index (χ4n) is 0.824. The summed E-state index contributed by atoms with van der Waals surface area (Å²) in [6.07, 6.45) is 1.91. The van der Waals surface area contributed by atoms with Crippen LogP contribution in [0.2, 0.25) is 0 Å². The number of hydrogen-bond donors (Lipinski definition) is 1. The molecule has 0 saturated carbocycles. The van der Waals surface area contributed by atoms with E-state index in [1.165, 1.54) is 4.88 Å². The molecule has 0 aliphatic carbocycles. The fraction of sp³-hybridized carbons (Fsp3) is 0.444. The van der Waals surface area contributed by atoms with Gasteiger partial charge in [-0.2, -0.15) is 0 Å². The Morgan fingerprint density at radius 3 is 3.08 bits per heavy atom. The van der Waals surface area contributed by atoms with Crippen LogP contribution in [-0.4, -0.2) is 11.5 Å². The molecular formula is C9H12N2S. The molecule has 0 unspecified atom stereocenters. The minimum Gasteiger partial charge on any atom is -0.301 e. The lowest BCUT2D eigenvalue weighted by molar-refractivity contribution is 0.779. The third kappa shape index (κ3) is 3.04. The topological polar surface area (TPSA) is 24.9 Å². The predicted octanol–water partition coefficient (Wildman–Crippen LogP) is 1.56. The van der Waals surface area contributed by atoms with Crippen molar-refractivity contribution in [2.75, 3.05) is 6.54 Å². The molecule has 1 aromatic rings. The molecule has 0 aromatic carbocycles. The van der Waals surface area contributed by atoms with E-state index >= 15 is 0 Å². The molecule has 12 heavy (non-hydrogen) atoms. The van der Waals surface area contributed by atoms with E-state index in [9.17, 15) is 0 Å². The van der Waals surface area contributed by atoms with Crippen LogP contribution in [0.4, 0.5) is 0 Å². The van der Waals surface area contributed by atoms with Crippen LogP contribution in [0.25, 0.3) is 0 Å². The number of thiazole rings is 1. The molecule has 0 fully saturated rings. The normalized spacial score (nSPS) is 9.17. The third-order valence-electron chi connectivity index (χ3n) is 1.36. The summed E-state index contributed by atoms with van der Waals surface area (Å²) in [5.74, 6) is 5.78. The first-order chi connectivity index (χ1) is 5.83. The number of aromatic nitrogens is 1. The lowest BCUT2D eigenvalue weighted by Gasteiger charge is -1.94. The number of hydrogen-bond acceptors (Lipinski definition) is 3. The molecule has 64 valence electrons. The predicted molar refractivity (Wildman–Crippen MR) is 52.0 cm³/mol. The maximum Gasteiger partial charge on any atom is 0.0897 e. The number of nitrogens with one attached hydrogen (secondary N) is 1. The Morgan fingerprint density at radius 1 is 1.67 bits per heavy atom. The summed E-state index contributed by atoms with van der Waals surface area (Å²) >= 11 is 1.72. The smallest absolute Gasteiger partial charge is 0.0897 e. The zero-order valence-corrected chi connectivity index (χ0v) is 8.16. The first kappa shape index (κ1) is 9.24. The van der Waals surface area contributed by atoms with Crippen LogP contribution in [0, 0.1) is 18.8 Å². The molecule has 3 heteroatoms. The van der Waals surface area contributed by atoms with Crippen molar-refractivity contribution in [1.29, 1.82) is 0 Å². The van der Waals surface area contributed by atoms with Crippen molar-refractivity contribution in [2.45, 2.75) is 20.4 Å². The highest BCUT2D eigenvalue weighted by atomic mass is 32.1. The van der Waals surface area contributed by atoms with Gasteiger partial charge in [-0.1, -0.05) is 5.92 Å². The molecule has 1 aromatic heterocycles. The van der Waals surface area contributed by atoms with E-state index < -0.39 is 0 Å². The molecule has 0 aliphatic heterocycles. The Bertz CT molecular complexity index is 293. The third-order valence-corrected chi connectivity index (χ3v) is 2.27. The van der Waals surface area contributed by atoms with Crippen molar-refractivity contribution in [3.63, 3.8) is 0 Å². The molecule has 0 radical (unpaired) electrons. The quantitative estimate of drug-likeness (QED) is 0.564. The van der Waals surface area contributed by atoms with E-state index in [0.717, 1.165) is 18.1 Å². The molecule has 0 saturated heterocycles. The average molecular weight is 180 g/mol. The van der Waals surface area contributed by atoms with Crippen molar-refractivity contribution < 1.29 is 0 Å². The van der Waals surface area contributed by atoms with Crippen LogP contribution < -0.4 is 5.32 Å². The van der Waals surface area contributed by atoms with Gasteiger partial charge in [0, 0.05) is 17.6 Å². The second-order valence-electron chi connectivity index (χ2n) is 2.38. The van der Waals surface area contributed by atoms with Gasteiger partial charge in [-0.3, -0.25) is 0 Å². The molecule has 1 N–H and O–H groups in total. The number of aryl methyl sites for hydroxylation is 1. The number of nitrogens with zero attached hydrogens (tertiary/aromatic N) is 1. The van der Waals surface area contributed by atoms with Crippen molar-refractivity contribution in [1.82, 2.24) is 10.3 Å². The molecule has 1 rings (SSSR count). The van der Waals surface area contributed by atoms with Gasteiger partial charge < -0.3 is 5.32 Å². The monoisotopic (exact) mass is 180 g/mol. The fourth-order valence-corrected chi connectivity index (χ4v) is 1.59. The Morgan fingerprint density at radius 2 is 2.50 bits per heavy atom. The van der Waals surface area contributed by atoms with Crippen LogP contribution >= 0.6 is 11.3 Å².